The topological polar surface area (TPSA) is 83.8 Å². The molecule has 0 spiro atoms. The lowest BCUT2D eigenvalue weighted by atomic mass is 10.00. The largest absolute Gasteiger partial charge is 0.507 e. The van der Waals surface area contributed by atoms with Gasteiger partial charge in [-0.2, -0.15) is 0 Å². The first-order chi connectivity index (χ1) is 8.99. The van der Waals surface area contributed by atoms with Crippen molar-refractivity contribution in [1.82, 2.24) is 0 Å². The van der Waals surface area contributed by atoms with E-state index >= 15 is 0 Å². The minimum atomic E-state index is -0.930. The maximum atomic E-state index is 11.9. The van der Waals surface area contributed by atoms with Gasteiger partial charge in [0.25, 0.3) is 0 Å². The maximum Gasteiger partial charge on any atom is 0.303 e. The van der Waals surface area contributed by atoms with Crippen LogP contribution in [0.15, 0.2) is 12.1 Å². The highest BCUT2D eigenvalue weighted by Gasteiger charge is 2.15. The molecule has 0 aromatic heterocycles. The van der Waals surface area contributed by atoms with Crippen molar-refractivity contribution in [3.05, 3.63) is 23.3 Å². The van der Waals surface area contributed by atoms with Crippen LogP contribution in [0.4, 0.5) is 0 Å². The molecule has 5 nitrogen and oxygen atoms in total. The molecule has 1 aromatic rings. The van der Waals surface area contributed by atoms with E-state index in [4.69, 9.17) is 9.84 Å². The van der Waals surface area contributed by atoms with E-state index in [1.807, 2.05) is 6.92 Å². The molecule has 104 valence electrons. The molecule has 0 radical (unpaired) electrons. The molecule has 0 aliphatic carbocycles. The van der Waals surface area contributed by atoms with Gasteiger partial charge in [-0.3, -0.25) is 9.59 Å². The summed E-state index contributed by atoms with van der Waals surface area (Å²) in [6.07, 6.45) is 0.999. The normalized spacial score (nSPS) is 10.2. The first kappa shape index (κ1) is 15.0. The van der Waals surface area contributed by atoms with Crippen LogP contribution in [-0.2, 0) is 11.2 Å². The number of rotatable bonds is 7. The summed E-state index contributed by atoms with van der Waals surface area (Å²) in [4.78, 5) is 22.3. The van der Waals surface area contributed by atoms with Gasteiger partial charge in [0.05, 0.1) is 12.7 Å². The lowest BCUT2D eigenvalue weighted by Crippen LogP contribution is -2.04. The molecule has 0 heterocycles. The van der Waals surface area contributed by atoms with Crippen LogP contribution in [0.25, 0.3) is 0 Å². The van der Waals surface area contributed by atoms with Gasteiger partial charge in [-0.15, -0.1) is 0 Å². The van der Waals surface area contributed by atoms with Crippen molar-refractivity contribution in [1.29, 1.82) is 0 Å². The van der Waals surface area contributed by atoms with Crippen molar-refractivity contribution in [3.63, 3.8) is 0 Å². The van der Waals surface area contributed by atoms with Gasteiger partial charge in [-0.25, -0.2) is 0 Å². The summed E-state index contributed by atoms with van der Waals surface area (Å²) in [5.74, 6) is -0.770. The number of methoxy groups -OCH3 is 1. The molecule has 0 saturated carbocycles. The number of hydrogen-bond donors (Lipinski definition) is 2. The Bertz CT molecular complexity index is 479. The van der Waals surface area contributed by atoms with Gasteiger partial charge < -0.3 is 14.9 Å². The standard InChI is InChI=1S/C14H18O5/c1-3-9-7-10(12(16)8-13(9)19-2)11(15)5-4-6-14(17)18/h7-8,16H,3-6H2,1-2H3,(H,17,18). The van der Waals surface area contributed by atoms with Crippen LogP contribution in [0.3, 0.4) is 0 Å². The van der Waals surface area contributed by atoms with Gasteiger partial charge in [-0.1, -0.05) is 6.92 Å². The van der Waals surface area contributed by atoms with Crippen molar-refractivity contribution in [2.24, 2.45) is 0 Å². The third-order valence-corrected chi connectivity index (χ3v) is 2.87. The maximum absolute atomic E-state index is 11.9. The molecular weight excluding hydrogens is 248 g/mol. The first-order valence-corrected chi connectivity index (χ1v) is 6.14. The number of Topliss-reactive ketones (excluding diaryl/α,β-unsaturated/α-hetero) is 1. The fraction of sp³-hybridized carbons (Fsp3) is 0.429. The second-order valence-electron chi connectivity index (χ2n) is 4.21. The molecule has 0 saturated heterocycles. The number of carbonyl (C=O) groups is 2. The monoisotopic (exact) mass is 266 g/mol. The molecule has 0 amide bonds. The zero-order valence-electron chi connectivity index (χ0n) is 11.1. The van der Waals surface area contributed by atoms with Crippen molar-refractivity contribution < 1.29 is 24.5 Å². The molecule has 1 rings (SSSR count). The van der Waals surface area contributed by atoms with E-state index in [-0.39, 0.29) is 36.4 Å². The number of carboxylic acids is 1. The molecule has 19 heavy (non-hydrogen) atoms. The summed E-state index contributed by atoms with van der Waals surface area (Å²) in [5.41, 5.74) is 1.06. The summed E-state index contributed by atoms with van der Waals surface area (Å²) in [7, 11) is 1.50. The van der Waals surface area contributed by atoms with Gasteiger partial charge in [0.15, 0.2) is 5.78 Å². The Morgan fingerprint density at radius 1 is 1.26 bits per heavy atom. The highest BCUT2D eigenvalue weighted by Crippen LogP contribution is 2.29. The molecule has 0 fully saturated rings. The number of ether oxygens (including phenoxy) is 1. The molecule has 1 aromatic carbocycles. The van der Waals surface area contributed by atoms with Crippen LogP contribution in [0.1, 0.15) is 42.1 Å². The highest BCUT2D eigenvalue weighted by molar-refractivity contribution is 5.99. The van der Waals surface area contributed by atoms with Crippen LogP contribution >= 0.6 is 0 Å². The molecule has 0 bridgehead atoms. The summed E-state index contributed by atoms with van der Waals surface area (Å²) in [5, 5.41) is 18.3. The number of ketones is 1. The Morgan fingerprint density at radius 3 is 2.47 bits per heavy atom. The number of aryl methyl sites for hydroxylation is 1. The van der Waals surface area contributed by atoms with E-state index in [1.165, 1.54) is 13.2 Å². The predicted octanol–water partition coefficient (Wildman–Crippen LogP) is 2.40. The second kappa shape index (κ2) is 6.78. The van der Waals surface area contributed by atoms with E-state index in [0.29, 0.717) is 12.2 Å². The number of benzene rings is 1. The molecular formula is C14H18O5. The minimum Gasteiger partial charge on any atom is -0.507 e. The van der Waals surface area contributed by atoms with Gasteiger partial charge in [0.2, 0.25) is 0 Å². The van der Waals surface area contributed by atoms with E-state index in [2.05, 4.69) is 0 Å². The van der Waals surface area contributed by atoms with Crippen molar-refractivity contribution in [2.75, 3.05) is 7.11 Å². The van der Waals surface area contributed by atoms with Crippen molar-refractivity contribution >= 4 is 11.8 Å². The van der Waals surface area contributed by atoms with Crippen molar-refractivity contribution in [2.45, 2.75) is 32.6 Å². The van der Waals surface area contributed by atoms with Crippen LogP contribution in [0.2, 0.25) is 0 Å². The molecule has 0 atom stereocenters. The van der Waals surface area contributed by atoms with Gasteiger partial charge >= 0.3 is 5.97 Å². The Kier molecular flexibility index (Phi) is 5.36. The van der Waals surface area contributed by atoms with Crippen LogP contribution in [0, 0.1) is 0 Å². The van der Waals surface area contributed by atoms with Gasteiger partial charge in [-0.05, 0) is 24.5 Å². The fourth-order valence-corrected chi connectivity index (χ4v) is 1.84. The minimum absolute atomic E-state index is 0.0523. The third-order valence-electron chi connectivity index (χ3n) is 2.87. The van der Waals surface area contributed by atoms with E-state index < -0.39 is 5.97 Å². The average Bonchev–Trinajstić information content (AvgIpc) is 2.37. The van der Waals surface area contributed by atoms with Gasteiger partial charge in [0, 0.05) is 18.9 Å². The zero-order valence-corrected chi connectivity index (χ0v) is 11.1. The third kappa shape index (κ3) is 3.98. The number of aliphatic carboxylic acids is 1. The fourth-order valence-electron chi connectivity index (χ4n) is 1.84. The average molecular weight is 266 g/mol. The number of phenolic OH excluding ortho intramolecular Hbond substituents is 1. The van der Waals surface area contributed by atoms with Gasteiger partial charge in [0.1, 0.15) is 11.5 Å². The highest BCUT2D eigenvalue weighted by atomic mass is 16.5. The molecule has 2 N–H and O–H groups in total. The molecule has 5 heteroatoms. The Hall–Kier alpha value is -2.04. The van der Waals surface area contributed by atoms with E-state index in [1.54, 1.807) is 6.07 Å². The smallest absolute Gasteiger partial charge is 0.303 e. The number of carbonyl (C=O) groups excluding carboxylic acids is 1. The number of hydrogen-bond acceptors (Lipinski definition) is 4. The van der Waals surface area contributed by atoms with Crippen LogP contribution in [-0.4, -0.2) is 29.1 Å². The lowest BCUT2D eigenvalue weighted by Gasteiger charge is -2.10. The van der Waals surface area contributed by atoms with E-state index in [0.717, 1.165) is 5.56 Å². The zero-order chi connectivity index (χ0) is 14.4. The Morgan fingerprint density at radius 2 is 1.95 bits per heavy atom. The molecule has 0 unspecified atom stereocenters. The summed E-state index contributed by atoms with van der Waals surface area (Å²) in [6.45, 7) is 1.92. The first-order valence-electron chi connectivity index (χ1n) is 6.14. The van der Waals surface area contributed by atoms with Crippen LogP contribution in [0.5, 0.6) is 11.5 Å². The second-order valence-corrected chi connectivity index (χ2v) is 4.21. The van der Waals surface area contributed by atoms with E-state index in [9.17, 15) is 14.7 Å². The summed E-state index contributed by atoms with van der Waals surface area (Å²) < 4.78 is 5.12. The van der Waals surface area contributed by atoms with Crippen molar-refractivity contribution in [3.8, 4) is 11.5 Å². The summed E-state index contributed by atoms with van der Waals surface area (Å²) in [6, 6.07) is 3.03. The lowest BCUT2D eigenvalue weighted by molar-refractivity contribution is -0.137. The predicted molar refractivity (Wildman–Crippen MR) is 69.9 cm³/mol. The Labute approximate surface area is 111 Å². The SMILES string of the molecule is CCc1cc(C(=O)CCCC(=O)O)c(O)cc1OC. The number of aromatic hydroxyl groups is 1. The number of carboxylic acid groups (broad SMARTS) is 1. The summed E-state index contributed by atoms with van der Waals surface area (Å²) >= 11 is 0. The Balaban J connectivity index is 2.87. The van der Waals surface area contributed by atoms with Crippen LogP contribution < -0.4 is 4.74 Å². The number of phenols is 1. The molecule has 0 aliphatic heterocycles. The quantitative estimate of drug-likeness (QED) is 0.740. The molecule has 0 aliphatic rings.